The molecule has 0 saturated carbocycles. The number of carbonyl (C=O) groups excluding carboxylic acids is 5. The molecule has 1 fully saturated rings. The molecule has 0 unspecified atom stereocenters. The minimum atomic E-state index is -0.620. The molecule has 14 nitrogen and oxygen atoms in total. The minimum Gasteiger partial charge on any atom is -0.468 e. The number of nitrogens with zero attached hydrogens (tertiary/aromatic N) is 5. The van der Waals surface area contributed by atoms with Crippen LogP contribution in [0.1, 0.15) is 37.3 Å². The molecule has 1 aliphatic rings. The zero-order chi connectivity index (χ0) is 33.0. The number of carbonyl (C=O) groups is 5. The van der Waals surface area contributed by atoms with Gasteiger partial charge in [0.05, 0.1) is 36.6 Å². The third kappa shape index (κ3) is 6.98. The predicted molar refractivity (Wildman–Crippen MR) is 164 cm³/mol. The Labute approximate surface area is 263 Å². The maximum Gasteiger partial charge on any atom is 0.325 e. The van der Waals surface area contributed by atoms with Crippen molar-refractivity contribution in [1.82, 2.24) is 35.1 Å². The van der Waals surface area contributed by atoms with Crippen LogP contribution in [0.5, 0.6) is 0 Å². The summed E-state index contributed by atoms with van der Waals surface area (Å²) in [4.78, 5) is 61.8. The Balaban J connectivity index is 1.45. The summed E-state index contributed by atoms with van der Waals surface area (Å²) in [6.45, 7) is -0.0221. The van der Waals surface area contributed by atoms with Gasteiger partial charge in [0.25, 0.3) is 0 Å². The summed E-state index contributed by atoms with van der Waals surface area (Å²) >= 11 is 0. The number of esters is 1. The van der Waals surface area contributed by atoms with Crippen molar-refractivity contribution in [2.75, 3.05) is 33.3 Å². The van der Waals surface area contributed by atoms with E-state index in [-0.39, 0.29) is 44.3 Å². The van der Waals surface area contributed by atoms with E-state index >= 15 is 4.39 Å². The highest BCUT2D eigenvalue weighted by Gasteiger charge is 2.29. The zero-order valence-corrected chi connectivity index (χ0v) is 25.5. The smallest absolute Gasteiger partial charge is 0.325 e. The van der Waals surface area contributed by atoms with E-state index in [4.69, 9.17) is 10.8 Å². The highest BCUT2D eigenvalue weighted by Crippen LogP contribution is 2.39. The van der Waals surface area contributed by atoms with Crippen molar-refractivity contribution in [1.29, 1.82) is 0 Å². The fourth-order valence-electron chi connectivity index (χ4n) is 5.73. The fourth-order valence-corrected chi connectivity index (χ4v) is 5.73. The standard InChI is InChI=1S/C31H35FN8O6/c1-38-24-13-21(22(32)12-19(24)14-36-38)20-4-3-5-23-30(20)31(18-8-10-39(11-9-18)28(44)7-6-25(33)41)37-40(23)17-27(43)34-15-26(42)35-16-29(45)46-2/h3-5,12-14,18H,6-11,15-17H2,1-2H3,(H2,33,41)(H,34,43)(H,35,42). The predicted octanol–water partition coefficient (Wildman–Crippen LogP) is 1.11. The van der Waals surface area contributed by atoms with Gasteiger partial charge < -0.3 is 26.0 Å². The lowest BCUT2D eigenvalue weighted by Gasteiger charge is -2.31. The lowest BCUT2D eigenvalue weighted by Crippen LogP contribution is -2.40. The molecule has 0 aliphatic carbocycles. The number of nitrogens with two attached hydrogens (primary N) is 1. The molecule has 4 amide bonds. The normalized spacial score (nSPS) is 13.6. The van der Waals surface area contributed by atoms with Crippen LogP contribution in [-0.4, -0.2) is 87.3 Å². The van der Waals surface area contributed by atoms with E-state index in [0.29, 0.717) is 59.0 Å². The SMILES string of the molecule is COC(=O)CNC(=O)CNC(=O)Cn1nc(C2CCN(C(=O)CCC(N)=O)CC2)c2c(-c3cc4c(cnn4C)cc3F)cccc21. The number of rotatable bonds is 11. The average Bonchev–Trinajstić information content (AvgIpc) is 3.60. The highest BCUT2D eigenvalue weighted by molar-refractivity contribution is 6.00. The van der Waals surface area contributed by atoms with E-state index in [9.17, 15) is 24.0 Å². The number of amides is 4. The number of primary amides is 1. The van der Waals surface area contributed by atoms with Gasteiger partial charge in [-0.1, -0.05) is 12.1 Å². The number of hydrogen-bond donors (Lipinski definition) is 3. The van der Waals surface area contributed by atoms with E-state index in [1.807, 2.05) is 6.07 Å². The number of benzene rings is 2. The van der Waals surface area contributed by atoms with Gasteiger partial charge in [-0.25, -0.2) is 4.39 Å². The summed E-state index contributed by atoms with van der Waals surface area (Å²) < 4.78 is 23.3. The molecule has 3 heterocycles. The van der Waals surface area contributed by atoms with Gasteiger partial charge in [-0.3, -0.25) is 33.3 Å². The van der Waals surface area contributed by atoms with Crippen molar-refractivity contribution in [3.8, 4) is 11.1 Å². The molecule has 46 heavy (non-hydrogen) atoms. The van der Waals surface area contributed by atoms with Crippen LogP contribution in [0.4, 0.5) is 4.39 Å². The van der Waals surface area contributed by atoms with E-state index in [1.54, 1.807) is 41.0 Å². The first-order valence-corrected chi connectivity index (χ1v) is 14.8. The molecule has 4 N–H and O–H groups in total. The monoisotopic (exact) mass is 634 g/mol. The number of halogens is 1. The van der Waals surface area contributed by atoms with Gasteiger partial charge in [0.2, 0.25) is 23.6 Å². The van der Waals surface area contributed by atoms with Crippen LogP contribution in [0, 0.1) is 5.82 Å². The average molecular weight is 635 g/mol. The van der Waals surface area contributed by atoms with Crippen molar-refractivity contribution in [2.24, 2.45) is 12.8 Å². The number of ether oxygens (including phenoxy) is 1. The Morgan fingerprint density at radius 1 is 1.00 bits per heavy atom. The van der Waals surface area contributed by atoms with Crippen molar-refractivity contribution >= 4 is 51.4 Å². The summed E-state index contributed by atoms with van der Waals surface area (Å²) in [6.07, 6.45) is 2.77. The van der Waals surface area contributed by atoms with Gasteiger partial charge in [0.15, 0.2) is 0 Å². The van der Waals surface area contributed by atoms with Crippen molar-refractivity contribution in [3.63, 3.8) is 0 Å². The number of hydrogen-bond acceptors (Lipinski definition) is 8. The first kappa shape index (κ1) is 32.1. The Morgan fingerprint density at radius 3 is 2.46 bits per heavy atom. The van der Waals surface area contributed by atoms with Crippen LogP contribution in [0.25, 0.3) is 32.9 Å². The number of aromatic nitrogens is 4. The summed E-state index contributed by atoms with van der Waals surface area (Å²) in [5.74, 6) is -2.90. The largest absolute Gasteiger partial charge is 0.468 e. The fraction of sp³-hybridized carbons (Fsp3) is 0.387. The molecule has 2 aromatic carbocycles. The van der Waals surface area contributed by atoms with Crippen molar-refractivity contribution in [3.05, 3.63) is 48.0 Å². The Hall–Kier alpha value is -5.34. The summed E-state index contributed by atoms with van der Waals surface area (Å²) in [6, 6.07) is 8.56. The van der Waals surface area contributed by atoms with E-state index in [0.717, 1.165) is 5.52 Å². The molecule has 2 aromatic heterocycles. The summed E-state index contributed by atoms with van der Waals surface area (Å²) in [5.41, 5.74) is 8.18. The second-order valence-electron chi connectivity index (χ2n) is 11.2. The third-order valence-corrected chi connectivity index (χ3v) is 8.15. The summed E-state index contributed by atoms with van der Waals surface area (Å²) in [7, 11) is 2.98. The minimum absolute atomic E-state index is 0.0151. The molecule has 0 spiro atoms. The quantitative estimate of drug-likeness (QED) is 0.205. The molecule has 5 rings (SSSR count). The van der Waals surface area contributed by atoms with Gasteiger partial charge in [0, 0.05) is 55.2 Å². The first-order chi connectivity index (χ1) is 22.0. The van der Waals surface area contributed by atoms with Crippen LogP contribution < -0.4 is 16.4 Å². The van der Waals surface area contributed by atoms with Gasteiger partial charge in [-0.05, 0) is 36.6 Å². The van der Waals surface area contributed by atoms with Gasteiger partial charge in [-0.15, -0.1) is 0 Å². The van der Waals surface area contributed by atoms with Crippen LogP contribution in [0.2, 0.25) is 0 Å². The molecule has 15 heteroatoms. The maximum absolute atomic E-state index is 15.6. The van der Waals surface area contributed by atoms with Crippen LogP contribution in [0.3, 0.4) is 0 Å². The topological polar surface area (TPSA) is 184 Å². The Kier molecular flexibility index (Phi) is 9.58. The molecule has 1 saturated heterocycles. The molecular formula is C31H35FN8O6. The Bertz CT molecular complexity index is 1820. The maximum atomic E-state index is 15.6. The van der Waals surface area contributed by atoms with Gasteiger partial charge in [-0.2, -0.15) is 10.2 Å². The van der Waals surface area contributed by atoms with Crippen LogP contribution in [-0.2, 0) is 42.3 Å². The molecule has 4 aromatic rings. The molecular weight excluding hydrogens is 599 g/mol. The highest BCUT2D eigenvalue weighted by atomic mass is 19.1. The number of fused-ring (bicyclic) bond motifs is 2. The number of methoxy groups -OCH3 is 1. The Morgan fingerprint density at radius 2 is 1.74 bits per heavy atom. The van der Waals surface area contributed by atoms with E-state index in [2.05, 4.69) is 20.5 Å². The van der Waals surface area contributed by atoms with Crippen molar-refractivity contribution in [2.45, 2.75) is 38.1 Å². The molecule has 0 radical (unpaired) electrons. The second kappa shape index (κ2) is 13.7. The number of likely N-dealkylation sites (tertiary alicyclic amines) is 1. The second-order valence-corrected chi connectivity index (χ2v) is 11.2. The summed E-state index contributed by atoms with van der Waals surface area (Å²) in [5, 5.41) is 15.3. The number of aryl methyl sites for hydroxylation is 1. The molecule has 1 aliphatic heterocycles. The zero-order valence-electron chi connectivity index (χ0n) is 25.5. The third-order valence-electron chi connectivity index (χ3n) is 8.15. The van der Waals surface area contributed by atoms with E-state index in [1.165, 1.54) is 17.9 Å². The van der Waals surface area contributed by atoms with Crippen molar-refractivity contribution < 1.29 is 33.1 Å². The lowest BCUT2D eigenvalue weighted by atomic mass is 9.88. The lowest BCUT2D eigenvalue weighted by molar-refractivity contribution is -0.141. The number of nitrogens with one attached hydrogen (secondary N) is 2. The first-order valence-electron chi connectivity index (χ1n) is 14.8. The molecule has 242 valence electrons. The molecule has 0 bridgehead atoms. The van der Waals surface area contributed by atoms with Gasteiger partial charge >= 0.3 is 5.97 Å². The van der Waals surface area contributed by atoms with E-state index < -0.39 is 29.5 Å². The molecule has 0 atom stereocenters. The van der Waals surface area contributed by atoms with Crippen LogP contribution in [0.15, 0.2) is 36.5 Å². The van der Waals surface area contributed by atoms with Crippen LogP contribution >= 0.6 is 0 Å². The number of piperidine rings is 1. The van der Waals surface area contributed by atoms with Gasteiger partial charge in [0.1, 0.15) is 18.9 Å².